The highest BCUT2D eigenvalue weighted by Crippen LogP contribution is 2.33. The second-order valence-corrected chi connectivity index (χ2v) is 4.69. The second-order valence-electron chi connectivity index (χ2n) is 4.69. The summed E-state index contributed by atoms with van der Waals surface area (Å²) in [7, 11) is 2.19. The number of aromatic nitrogens is 2. The van der Waals surface area contributed by atoms with Gasteiger partial charge in [-0.15, -0.1) is 0 Å². The van der Waals surface area contributed by atoms with E-state index in [1.807, 2.05) is 10.9 Å². The van der Waals surface area contributed by atoms with Crippen LogP contribution in [0.15, 0.2) is 12.4 Å². The minimum Gasteiger partial charge on any atom is -0.330 e. The van der Waals surface area contributed by atoms with Crippen LogP contribution in [0.3, 0.4) is 0 Å². The van der Waals surface area contributed by atoms with Crippen LogP contribution in [-0.4, -0.2) is 34.8 Å². The first-order chi connectivity index (χ1) is 7.76. The van der Waals surface area contributed by atoms with Crippen LogP contribution in [0.4, 0.5) is 0 Å². The van der Waals surface area contributed by atoms with Crippen molar-refractivity contribution in [2.24, 2.45) is 11.7 Å². The van der Waals surface area contributed by atoms with Crippen LogP contribution >= 0.6 is 0 Å². The van der Waals surface area contributed by atoms with Crippen LogP contribution in [0.25, 0.3) is 0 Å². The van der Waals surface area contributed by atoms with Gasteiger partial charge >= 0.3 is 0 Å². The molecule has 0 aromatic carbocycles. The first-order valence-corrected chi connectivity index (χ1v) is 6.19. The Morgan fingerprint density at radius 3 is 3.00 bits per heavy atom. The van der Waals surface area contributed by atoms with Gasteiger partial charge in [0, 0.05) is 24.3 Å². The molecular formula is C12H22N4. The van der Waals surface area contributed by atoms with Gasteiger partial charge in [-0.1, -0.05) is 0 Å². The van der Waals surface area contributed by atoms with Crippen LogP contribution in [0.2, 0.25) is 0 Å². The van der Waals surface area contributed by atoms with Crippen LogP contribution in [0, 0.1) is 5.92 Å². The molecule has 16 heavy (non-hydrogen) atoms. The topological polar surface area (TPSA) is 47.1 Å². The van der Waals surface area contributed by atoms with Crippen molar-refractivity contribution in [1.82, 2.24) is 14.7 Å². The van der Waals surface area contributed by atoms with Crippen molar-refractivity contribution >= 4 is 0 Å². The monoisotopic (exact) mass is 222 g/mol. The highest BCUT2D eigenvalue weighted by atomic mass is 15.3. The Hall–Kier alpha value is -0.870. The molecule has 1 aromatic rings. The SMILES string of the molecule is CCn1cc(C2C(CN)CCCN2C)cn1. The lowest BCUT2D eigenvalue weighted by Gasteiger charge is -2.38. The highest BCUT2D eigenvalue weighted by molar-refractivity contribution is 5.13. The molecule has 2 heterocycles. The molecule has 90 valence electrons. The summed E-state index contributed by atoms with van der Waals surface area (Å²) >= 11 is 0. The largest absolute Gasteiger partial charge is 0.330 e. The van der Waals surface area contributed by atoms with Gasteiger partial charge in [-0.25, -0.2) is 0 Å². The number of likely N-dealkylation sites (tertiary alicyclic amines) is 1. The number of hydrogen-bond donors (Lipinski definition) is 1. The highest BCUT2D eigenvalue weighted by Gasteiger charge is 2.30. The maximum absolute atomic E-state index is 5.88. The van der Waals surface area contributed by atoms with Crippen molar-refractivity contribution in [3.8, 4) is 0 Å². The lowest BCUT2D eigenvalue weighted by Crippen LogP contribution is -2.39. The summed E-state index contributed by atoms with van der Waals surface area (Å²) in [6, 6.07) is 0.457. The standard InChI is InChI=1S/C12H22N4/c1-3-16-9-11(8-14-16)12-10(7-13)5-4-6-15(12)2/h8-10,12H,3-7,13H2,1-2H3. The Balaban J connectivity index is 2.20. The summed E-state index contributed by atoms with van der Waals surface area (Å²) in [6.45, 7) is 4.98. The van der Waals surface area contributed by atoms with E-state index in [1.165, 1.54) is 24.9 Å². The lowest BCUT2D eigenvalue weighted by atomic mass is 9.86. The molecule has 0 amide bonds. The fourth-order valence-electron chi connectivity index (χ4n) is 2.74. The first-order valence-electron chi connectivity index (χ1n) is 6.19. The van der Waals surface area contributed by atoms with Gasteiger partial charge in [0.2, 0.25) is 0 Å². The van der Waals surface area contributed by atoms with Gasteiger partial charge in [0.05, 0.1) is 6.20 Å². The van der Waals surface area contributed by atoms with Crippen LogP contribution < -0.4 is 5.73 Å². The smallest absolute Gasteiger partial charge is 0.0537 e. The van der Waals surface area contributed by atoms with Gasteiger partial charge < -0.3 is 5.73 Å². The van der Waals surface area contributed by atoms with Crippen molar-refractivity contribution in [2.75, 3.05) is 20.1 Å². The Labute approximate surface area is 97.4 Å². The van der Waals surface area contributed by atoms with Crippen molar-refractivity contribution in [3.63, 3.8) is 0 Å². The van der Waals surface area contributed by atoms with Gasteiger partial charge in [0.1, 0.15) is 0 Å². The number of nitrogens with two attached hydrogens (primary N) is 1. The molecule has 4 heteroatoms. The van der Waals surface area contributed by atoms with Crippen LogP contribution in [0.1, 0.15) is 31.4 Å². The zero-order valence-electron chi connectivity index (χ0n) is 10.3. The van der Waals surface area contributed by atoms with E-state index in [-0.39, 0.29) is 0 Å². The molecule has 0 saturated carbocycles. The molecule has 0 radical (unpaired) electrons. The van der Waals surface area contributed by atoms with E-state index in [1.54, 1.807) is 0 Å². The van der Waals surface area contributed by atoms with E-state index in [4.69, 9.17) is 5.73 Å². The fraction of sp³-hybridized carbons (Fsp3) is 0.750. The Morgan fingerprint density at radius 2 is 2.38 bits per heavy atom. The quantitative estimate of drug-likeness (QED) is 0.837. The summed E-state index contributed by atoms with van der Waals surface area (Å²) in [6.07, 6.45) is 6.66. The molecule has 0 spiro atoms. The van der Waals surface area contributed by atoms with E-state index in [0.29, 0.717) is 12.0 Å². The predicted molar refractivity (Wildman–Crippen MR) is 65.1 cm³/mol. The Bertz CT molecular complexity index is 334. The van der Waals surface area contributed by atoms with E-state index in [9.17, 15) is 0 Å². The molecule has 0 bridgehead atoms. The third-order valence-electron chi connectivity index (χ3n) is 3.63. The van der Waals surface area contributed by atoms with E-state index in [2.05, 4.69) is 30.2 Å². The van der Waals surface area contributed by atoms with Crippen molar-refractivity contribution in [1.29, 1.82) is 0 Å². The number of hydrogen-bond acceptors (Lipinski definition) is 3. The van der Waals surface area contributed by atoms with Crippen molar-refractivity contribution in [3.05, 3.63) is 18.0 Å². The molecule has 0 aliphatic carbocycles. The fourth-order valence-corrected chi connectivity index (χ4v) is 2.74. The summed E-state index contributed by atoms with van der Waals surface area (Å²) in [4.78, 5) is 2.41. The minimum atomic E-state index is 0.457. The molecular weight excluding hydrogens is 200 g/mol. The molecule has 4 nitrogen and oxygen atoms in total. The van der Waals surface area contributed by atoms with Crippen LogP contribution in [-0.2, 0) is 6.54 Å². The molecule has 1 aliphatic rings. The summed E-state index contributed by atoms with van der Waals surface area (Å²) in [5.41, 5.74) is 7.20. The lowest BCUT2D eigenvalue weighted by molar-refractivity contribution is 0.125. The van der Waals surface area contributed by atoms with Crippen molar-refractivity contribution in [2.45, 2.75) is 32.4 Å². The molecule has 1 saturated heterocycles. The van der Waals surface area contributed by atoms with Gasteiger partial charge in [-0.3, -0.25) is 9.58 Å². The average Bonchev–Trinajstić information content (AvgIpc) is 2.76. The van der Waals surface area contributed by atoms with Gasteiger partial charge in [-0.2, -0.15) is 5.10 Å². The molecule has 1 fully saturated rings. The van der Waals surface area contributed by atoms with Gasteiger partial charge in [0.15, 0.2) is 0 Å². The minimum absolute atomic E-state index is 0.457. The number of rotatable bonds is 3. The maximum Gasteiger partial charge on any atom is 0.0537 e. The number of nitrogens with zero attached hydrogens (tertiary/aromatic N) is 3. The van der Waals surface area contributed by atoms with Gasteiger partial charge in [0.25, 0.3) is 0 Å². The number of piperidine rings is 1. The molecule has 2 atom stereocenters. The van der Waals surface area contributed by atoms with E-state index in [0.717, 1.165) is 13.1 Å². The first kappa shape index (κ1) is 11.6. The van der Waals surface area contributed by atoms with E-state index < -0.39 is 0 Å². The van der Waals surface area contributed by atoms with Crippen LogP contribution in [0.5, 0.6) is 0 Å². The zero-order chi connectivity index (χ0) is 11.5. The van der Waals surface area contributed by atoms with Crippen molar-refractivity contribution < 1.29 is 0 Å². The maximum atomic E-state index is 5.88. The molecule has 2 N–H and O–H groups in total. The molecule has 2 unspecified atom stereocenters. The average molecular weight is 222 g/mol. The number of aryl methyl sites for hydroxylation is 1. The molecule has 1 aliphatic heterocycles. The summed E-state index contributed by atoms with van der Waals surface area (Å²) in [5, 5.41) is 4.36. The van der Waals surface area contributed by atoms with E-state index >= 15 is 0 Å². The third kappa shape index (κ3) is 2.13. The van der Waals surface area contributed by atoms with Gasteiger partial charge in [-0.05, 0) is 45.8 Å². The summed E-state index contributed by atoms with van der Waals surface area (Å²) < 4.78 is 1.99. The Kier molecular flexibility index (Phi) is 3.61. The Morgan fingerprint density at radius 1 is 1.56 bits per heavy atom. The predicted octanol–water partition coefficient (Wildman–Crippen LogP) is 1.24. The normalized spacial score (nSPS) is 27.2. The molecule has 2 rings (SSSR count). The summed E-state index contributed by atoms with van der Waals surface area (Å²) in [5.74, 6) is 0.577. The zero-order valence-corrected chi connectivity index (χ0v) is 10.3. The second kappa shape index (κ2) is 4.97. The molecule has 1 aromatic heterocycles. The third-order valence-corrected chi connectivity index (χ3v) is 3.63.